The summed E-state index contributed by atoms with van der Waals surface area (Å²) in [6, 6.07) is 17.1. The maximum atomic E-state index is 14.6. The van der Waals surface area contributed by atoms with Crippen molar-refractivity contribution in [3.63, 3.8) is 0 Å². The van der Waals surface area contributed by atoms with Gasteiger partial charge in [0.1, 0.15) is 22.7 Å². The average Bonchev–Trinajstić information content (AvgIpc) is 3.21. The molecule has 3 aromatic rings. The molecule has 0 bridgehead atoms. The highest BCUT2D eigenvalue weighted by molar-refractivity contribution is 6.30. The van der Waals surface area contributed by atoms with E-state index in [0.29, 0.717) is 41.5 Å². The number of aliphatic hydroxyl groups excluding tert-OH is 1. The molecule has 2 heterocycles. The molecule has 2 aliphatic rings. The minimum Gasteiger partial charge on any atom is -0.493 e. The number of urea groups is 1. The van der Waals surface area contributed by atoms with Crippen molar-refractivity contribution in [3.05, 3.63) is 99.0 Å². The van der Waals surface area contributed by atoms with Crippen molar-refractivity contribution in [3.8, 4) is 5.75 Å². The zero-order valence-corrected chi connectivity index (χ0v) is 25.5. The Morgan fingerprint density at radius 1 is 0.977 bits per heavy atom. The normalized spacial score (nSPS) is 23.0. The largest absolute Gasteiger partial charge is 0.493 e. The second kappa shape index (κ2) is 11.7. The molecule has 2 atom stereocenters. The minimum atomic E-state index is -4.60. The minimum absolute atomic E-state index is 0.0400. The smallest absolute Gasteiger partial charge is 0.416 e. The zero-order chi connectivity index (χ0) is 31.2. The molecule has 5 rings (SSSR count). The third-order valence-corrected chi connectivity index (χ3v) is 9.03. The number of amidine groups is 1. The molecule has 1 fully saturated rings. The first-order valence-electron chi connectivity index (χ1n) is 14.0. The first kappa shape index (κ1) is 31.2. The van der Waals surface area contributed by atoms with Gasteiger partial charge in [0.25, 0.3) is 0 Å². The second-order valence-electron chi connectivity index (χ2n) is 11.1. The van der Waals surface area contributed by atoms with Crippen LogP contribution in [0.25, 0.3) is 0 Å². The Balaban J connectivity index is 1.79. The summed E-state index contributed by atoms with van der Waals surface area (Å²) in [4.78, 5) is 23.0. The van der Waals surface area contributed by atoms with E-state index in [2.05, 4.69) is 0 Å². The van der Waals surface area contributed by atoms with E-state index >= 15 is 0 Å². The lowest BCUT2D eigenvalue weighted by atomic mass is 9.71. The number of carbonyl (C=O) groups excluding carboxylic acids is 1. The quantitative estimate of drug-likeness (QED) is 0.311. The average molecular weight is 635 g/mol. The third-order valence-electron chi connectivity index (χ3n) is 8.53. The van der Waals surface area contributed by atoms with E-state index in [1.54, 1.807) is 41.0 Å². The van der Waals surface area contributed by atoms with Gasteiger partial charge in [0.2, 0.25) is 0 Å². The molecule has 11 heteroatoms. The van der Waals surface area contributed by atoms with Gasteiger partial charge in [-0.15, -0.1) is 0 Å². The van der Waals surface area contributed by atoms with Crippen LogP contribution in [0, 0.1) is 0 Å². The van der Waals surface area contributed by atoms with Gasteiger partial charge < -0.3 is 14.7 Å². The van der Waals surface area contributed by atoms with Gasteiger partial charge in [0.05, 0.1) is 23.8 Å². The van der Waals surface area contributed by atoms with Crippen LogP contribution in [-0.2, 0) is 17.3 Å². The van der Waals surface area contributed by atoms with Crippen LogP contribution < -0.4 is 4.74 Å². The number of aliphatic hydroxyl groups is 1. The van der Waals surface area contributed by atoms with Crippen LogP contribution in [0.1, 0.15) is 55.9 Å². The van der Waals surface area contributed by atoms with Crippen LogP contribution in [0.15, 0.2) is 71.7 Å². The van der Waals surface area contributed by atoms with E-state index in [0.717, 1.165) is 17.7 Å². The molecule has 43 heavy (non-hydrogen) atoms. The first-order valence-corrected chi connectivity index (χ1v) is 14.8. The van der Waals surface area contributed by atoms with Gasteiger partial charge in [-0.3, -0.25) is 9.89 Å². The third kappa shape index (κ3) is 5.58. The maximum Gasteiger partial charge on any atom is 0.416 e. The molecule has 0 saturated carbocycles. The molecule has 0 unspecified atom stereocenters. The van der Waals surface area contributed by atoms with Gasteiger partial charge in [-0.1, -0.05) is 47.5 Å². The number of amides is 2. The molecule has 2 amide bonds. The van der Waals surface area contributed by atoms with Gasteiger partial charge in [0.15, 0.2) is 0 Å². The molecular formula is C32H32Cl2F3N3O3. The number of hydrogen-bond donors (Lipinski definition) is 1. The number of benzene rings is 3. The number of hydrogen-bond acceptors (Lipinski definition) is 4. The fourth-order valence-corrected chi connectivity index (χ4v) is 6.18. The van der Waals surface area contributed by atoms with Gasteiger partial charge in [-0.2, -0.15) is 13.2 Å². The molecule has 0 radical (unpaired) electrons. The summed E-state index contributed by atoms with van der Waals surface area (Å²) in [6.45, 7) is 6.18. The van der Waals surface area contributed by atoms with Gasteiger partial charge in [0, 0.05) is 23.1 Å². The van der Waals surface area contributed by atoms with Crippen LogP contribution in [0.3, 0.4) is 0 Å². The van der Waals surface area contributed by atoms with E-state index in [-0.39, 0.29) is 29.8 Å². The number of piperidine rings is 1. The molecule has 6 nitrogen and oxygen atoms in total. The van der Waals surface area contributed by atoms with E-state index in [1.165, 1.54) is 6.07 Å². The lowest BCUT2D eigenvalue weighted by Crippen LogP contribution is -2.59. The molecule has 2 aliphatic heterocycles. The summed E-state index contributed by atoms with van der Waals surface area (Å²) in [5.41, 5.74) is -1.51. The van der Waals surface area contributed by atoms with E-state index in [9.17, 15) is 23.1 Å². The molecule has 3 aromatic carbocycles. The topological polar surface area (TPSA) is 65.4 Å². The highest BCUT2D eigenvalue weighted by Crippen LogP contribution is 2.54. The molecule has 0 spiro atoms. The lowest BCUT2D eigenvalue weighted by Gasteiger charge is -2.47. The highest BCUT2D eigenvalue weighted by Gasteiger charge is 2.60. The van der Waals surface area contributed by atoms with Crippen molar-refractivity contribution in [2.75, 3.05) is 19.7 Å². The van der Waals surface area contributed by atoms with Gasteiger partial charge >= 0.3 is 12.2 Å². The van der Waals surface area contributed by atoms with Gasteiger partial charge in [-0.25, -0.2) is 4.79 Å². The number of ether oxygens (including phenoxy) is 1. The maximum absolute atomic E-state index is 14.6. The second-order valence-corrected chi connectivity index (χ2v) is 11.9. The monoisotopic (exact) mass is 633 g/mol. The van der Waals surface area contributed by atoms with Crippen molar-refractivity contribution in [1.82, 2.24) is 9.80 Å². The van der Waals surface area contributed by atoms with Crippen LogP contribution in [0.2, 0.25) is 10.0 Å². The van der Waals surface area contributed by atoms with Crippen molar-refractivity contribution >= 4 is 35.1 Å². The Kier molecular flexibility index (Phi) is 8.46. The molecule has 0 aliphatic carbocycles. The predicted octanol–water partition coefficient (Wildman–Crippen LogP) is 7.88. The van der Waals surface area contributed by atoms with E-state index < -0.39 is 28.9 Å². The Bertz CT molecular complexity index is 1520. The van der Waals surface area contributed by atoms with Crippen LogP contribution in [0.5, 0.6) is 5.75 Å². The Hall–Kier alpha value is -3.27. The summed E-state index contributed by atoms with van der Waals surface area (Å²) in [6.07, 6.45) is -4.30. The van der Waals surface area contributed by atoms with E-state index in [4.69, 9.17) is 32.9 Å². The number of nitrogens with zero attached hydrogens (tertiary/aromatic N) is 3. The molecule has 0 aromatic heterocycles. The summed E-state index contributed by atoms with van der Waals surface area (Å²) < 4.78 is 47.0. The number of halogens is 5. The van der Waals surface area contributed by atoms with Crippen molar-refractivity contribution in [2.24, 2.45) is 4.99 Å². The standard InChI is InChI=1S/C32H32Cl2F3N3O3/c1-4-43-27-19-22(32(35,36)37)9-14-26(27)28-38-30(2,20-5-10-23(33)11-6-20)31(3,21-7-12-24(34)13-8-21)40(28)29(42)39-17-15-25(41)16-18-39/h5-14,19,25,41H,4,15-18H2,1-3H3/t30-,31-/m0/s1. The highest BCUT2D eigenvalue weighted by atomic mass is 35.5. The molecule has 228 valence electrons. The van der Waals surface area contributed by atoms with Crippen LogP contribution in [0.4, 0.5) is 18.0 Å². The number of likely N-dealkylation sites (tertiary alicyclic amines) is 1. The zero-order valence-electron chi connectivity index (χ0n) is 24.0. The Morgan fingerprint density at radius 3 is 2.07 bits per heavy atom. The fraction of sp³-hybridized carbons (Fsp3) is 0.375. The number of rotatable bonds is 5. The number of aliphatic imine (C=N–C) groups is 1. The predicted molar refractivity (Wildman–Crippen MR) is 161 cm³/mol. The molecular weight excluding hydrogens is 602 g/mol. The van der Waals surface area contributed by atoms with Crippen molar-refractivity contribution in [1.29, 1.82) is 0 Å². The Labute approximate surface area is 258 Å². The SMILES string of the molecule is CCOc1cc(C(F)(F)F)ccc1C1=N[C@@](C)(c2ccc(Cl)cc2)[C@](C)(c2ccc(Cl)cc2)N1C(=O)N1CCC(O)CC1. The summed E-state index contributed by atoms with van der Waals surface area (Å²) in [5.74, 6) is 0.130. The van der Waals surface area contributed by atoms with Gasteiger partial charge in [-0.05, 0) is 87.2 Å². The Morgan fingerprint density at radius 2 is 1.53 bits per heavy atom. The molecule has 1 saturated heterocycles. The van der Waals surface area contributed by atoms with Crippen LogP contribution >= 0.6 is 23.2 Å². The lowest BCUT2D eigenvalue weighted by molar-refractivity contribution is -0.137. The van der Waals surface area contributed by atoms with Crippen molar-refractivity contribution in [2.45, 2.75) is 57.0 Å². The van der Waals surface area contributed by atoms with Crippen LogP contribution in [-0.4, -0.2) is 52.6 Å². The van der Waals surface area contributed by atoms with Crippen molar-refractivity contribution < 1.29 is 27.8 Å². The summed E-state index contributed by atoms with van der Waals surface area (Å²) >= 11 is 12.5. The fourth-order valence-electron chi connectivity index (χ4n) is 5.92. The van der Waals surface area contributed by atoms with E-state index in [1.807, 2.05) is 38.1 Å². The number of alkyl halides is 3. The number of carbonyl (C=O) groups is 1. The first-order chi connectivity index (χ1) is 20.3. The summed E-state index contributed by atoms with van der Waals surface area (Å²) in [5, 5.41) is 11.2. The summed E-state index contributed by atoms with van der Waals surface area (Å²) in [7, 11) is 0. The molecule has 1 N–H and O–H groups in total.